The van der Waals surface area contributed by atoms with Gasteiger partial charge in [-0.3, -0.25) is 4.79 Å². The molecule has 0 aromatic heterocycles. The van der Waals surface area contributed by atoms with Gasteiger partial charge in [0.05, 0.1) is 0 Å². The van der Waals surface area contributed by atoms with Gasteiger partial charge < -0.3 is 5.32 Å². The molecule has 0 unspecified atom stereocenters. The largest absolute Gasteiger partial charge is 0.328 e. The van der Waals surface area contributed by atoms with Crippen molar-refractivity contribution in [1.29, 1.82) is 0 Å². The average molecular weight is 134 g/mol. The van der Waals surface area contributed by atoms with Gasteiger partial charge >= 0.3 is 0 Å². The maximum absolute atomic E-state index is 9.99. The highest BCUT2D eigenvalue weighted by Crippen LogP contribution is 2.11. The lowest BCUT2D eigenvalue weighted by Gasteiger charge is -2.00. The second-order valence-electron chi connectivity index (χ2n) is 1.92. The van der Waals surface area contributed by atoms with Gasteiger partial charge in [-0.2, -0.15) is 0 Å². The van der Waals surface area contributed by atoms with Crippen LogP contribution in [-0.4, -0.2) is 6.41 Å². The van der Waals surface area contributed by atoms with E-state index in [1.54, 1.807) is 6.07 Å². The summed E-state index contributed by atoms with van der Waals surface area (Å²) in [6.45, 7) is 3.72. The van der Waals surface area contributed by atoms with Crippen LogP contribution in [0.2, 0.25) is 0 Å². The van der Waals surface area contributed by atoms with E-state index in [9.17, 15) is 4.79 Å². The van der Waals surface area contributed by atoms with Crippen LogP contribution in [-0.2, 0) is 4.79 Å². The Kier molecular flexibility index (Phi) is 2.05. The number of hydrogen-bond donors (Lipinski definition) is 1. The first-order valence-corrected chi connectivity index (χ1v) is 2.96. The highest BCUT2D eigenvalue weighted by molar-refractivity contribution is 5.73. The van der Waals surface area contributed by atoms with Crippen LogP contribution in [0, 0.1) is 6.92 Å². The molecule has 0 heterocycles. The molecule has 0 aliphatic heterocycles. The summed E-state index contributed by atoms with van der Waals surface area (Å²) in [6, 6.07) is 7.36. The summed E-state index contributed by atoms with van der Waals surface area (Å²) in [5.74, 6) is 0. The van der Waals surface area contributed by atoms with Gasteiger partial charge in [0.2, 0.25) is 6.41 Å². The highest BCUT2D eigenvalue weighted by Gasteiger charge is 1.91. The molecule has 0 aliphatic carbocycles. The summed E-state index contributed by atoms with van der Waals surface area (Å²) in [7, 11) is 0. The average Bonchev–Trinajstić information content (AvgIpc) is 1.94. The lowest BCUT2D eigenvalue weighted by atomic mass is 10.2. The Hall–Kier alpha value is -1.31. The van der Waals surface area contributed by atoms with Crippen molar-refractivity contribution in [3.63, 3.8) is 0 Å². The van der Waals surface area contributed by atoms with Crippen LogP contribution in [0.15, 0.2) is 24.3 Å². The van der Waals surface area contributed by atoms with Crippen molar-refractivity contribution in [2.75, 3.05) is 5.32 Å². The number of rotatable bonds is 2. The lowest BCUT2D eigenvalue weighted by Crippen LogP contribution is -1.94. The molecule has 1 rings (SSSR count). The monoisotopic (exact) mass is 134 g/mol. The standard InChI is InChI=1S/C8H8NO/c1-7-4-2-3-5-8(7)9-6-10/h2-6H,1H2,(H,9,10). The normalized spacial score (nSPS) is 8.90. The molecular weight excluding hydrogens is 126 g/mol. The summed E-state index contributed by atoms with van der Waals surface area (Å²) in [5, 5.41) is 2.53. The summed E-state index contributed by atoms with van der Waals surface area (Å²) in [6.07, 6.45) is 0.643. The van der Waals surface area contributed by atoms with Crippen molar-refractivity contribution in [1.82, 2.24) is 0 Å². The zero-order valence-corrected chi connectivity index (χ0v) is 5.50. The van der Waals surface area contributed by atoms with Crippen molar-refractivity contribution in [3.05, 3.63) is 36.8 Å². The van der Waals surface area contributed by atoms with Gasteiger partial charge in [0.15, 0.2) is 0 Å². The van der Waals surface area contributed by atoms with E-state index in [-0.39, 0.29) is 0 Å². The Bertz CT molecular complexity index is 232. The first kappa shape index (κ1) is 6.81. The third-order valence-corrected chi connectivity index (χ3v) is 1.23. The molecule has 0 saturated carbocycles. The van der Waals surface area contributed by atoms with Crippen molar-refractivity contribution in [3.8, 4) is 0 Å². The SMILES string of the molecule is [CH2]c1ccccc1NC=O. The number of nitrogens with one attached hydrogen (secondary N) is 1. The molecule has 0 atom stereocenters. The fourth-order valence-corrected chi connectivity index (χ4v) is 0.725. The topological polar surface area (TPSA) is 29.1 Å². The minimum atomic E-state index is 0.643. The zero-order valence-electron chi connectivity index (χ0n) is 5.50. The molecule has 1 N–H and O–H groups in total. The van der Waals surface area contributed by atoms with E-state index in [2.05, 4.69) is 12.2 Å². The second-order valence-corrected chi connectivity index (χ2v) is 1.92. The third kappa shape index (κ3) is 1.35. The number of para-hydroxylation sites is 1. The maximum Gasteiger partial charge on any atom is 0.211 e. The van der Waals surface area contributed by atoms with E-state index in [0.717, 1.165) is 11.3 Å². The minimum Gasteiger partial charge on any atom is -0.328 e. The van der Waals surface area contributed by atoms with Crippen LogP contribution in [0.4, 0.5) is 5.69 Å². The van der Waals surface area contributed by atoms with Crippen molar-refractivity contribution >= 4 is 12.1 Å². The molecule has 51 valence electrons. The number of hydrogen-bond acceptors (Lipinski definition) is 1. The Labute approximate surface area is 59.9 Å². The molecule has 1 aromatic carbocycles. The molecule has 2 nitrogen and oxygen atoms in total. The molecule has 0 spiro atoms. The van der Waals surface area contributed by atoms with Crippen LogP contribution < -0.4 is 5.32 Å². The van der Waals surface area contributed by atoms with Gasteiger partial charge in [0.25, 0.3) is 0 Å². The van der Waals surface area contributed by atoms with Crippen LogP contribution in [0.3, 0.4) is 0 Å². The van der Waals surface area contributed by atoms with E-state index in [0.29, 0.717) is 6.41 Å². The van der Waals surface area contributed by atoms with Gasteiger partial charge in [-0.25, -0.2) is 0 Å². The van der Waals surface area contributed by atoms with Gasteiger partial charge in [-0.1, -0.05) is 18.2 Å². The van der Waals surface area contributed by atoms with Crippen molar-refractivity contribution in [2.45, 2.75) is 0 Å². The summed E-state index contributed by atoms with van der Waals surface area (Å²) in [5.41, 5.74) is 1.59. The van der Waals surface area contributed by atoms with Gasteiger partial charge in [-0.15, -0.1) is 0 Å². The van der Waals surface area contributed by atoms with Crippen LogP contribution in [0.1, 0.15) is 5.56 Å². The highest BCUT2D eigenvalue weighted by atomic mass is 16.1. The first-order chi connectivity index (χ1) is 4.84. The second kappa shape index (κ2) is 3.01. The Morgan fingerprint density at radius 1 is 1.40 bits per heavy atom. The first-order valence-electron chi connectivity index (χ1n) is 2.96. The van der Waals surface area contributed by atoms with Crippen molar-refractivity contribution < 1.29 is 4.79 Å². The van der Waals surface area contributed by atoms with Crippen LogP contribution in [0.5, 0.6) is 0 Å². The van der Waals surface area contributed by atoms with E-state index in [1.165, 1.54) is 0 Å². The van der Waals surface area contributed by atoms with Gasteiger partial charge in [0.1, 0.15) is 0 Å². The summed E-state index contributed by atoms with van der Waals surface area (Å²) < 4.78 is 0. The molecule has 1 radical (unpaired) electrons. The predicted molar refractivity (Wildman–Crippen MR) is 40.6 cm³/mol. The Morgan fingerprint density at radius 2 is 2.10 bits per heavy atom. The zero-order chi connectivity index (χ0) is 7.40. The number of anilines is 1. The summed E-state index contributed by atoms with van der Waals surface area (Å²) >= 11 is 0. The number of carbonyl (C=O) groups is 1. The molecule has 2 heteroatoms. The fourth-order valence-electron chi connectivity index (χ4n) is 0.725. The number of amides is 1. The van der Waals surface area contributed by atoms with E-state index in [4.69, 9.17) is 0 Å². The molecular formula is C8H8NO. The van der Waals surface area contributed by atoms with E-state index in [1.807, 2.05) is 18.2 Å². The Morgan fingerprint density at radius 3 is 2.70 bits per heavy atom. The minimum absolute atomic E-state index is 0.643. The number of benzene rings is 1. The molecule has 0 bridgehead atoms. The summed E-state index contributed by atoms with van der Waals surface area (Å²) in [4.78, 5) is 9.99. The maximum atomic E-state index is 9.99. The molecule has 0 aliphatic rings. The quantitative estimate of drug-likeness (QED) is 0.609. The molecule has 10 heavy (non-hydrogen) atoms. The Balaban J connectivity index is 2.91. The van der Waals surface area contributed by atoms with Crippen LogP contribution >= 0.6 is 0 Å². The van der Waals surface area contributed by atoms with Crippen LogP contribution in [0.25, 0.3) is 0 Å². The van der Waals surface area contributed by atoms with E-state index < -0.39 is 0 Å². The molecule has 1 amide bonds. The number of carbonyl (C=O) groups excluding carboxylic acids is 1. The predicted octanol–water partition coefficient (Wildman–Crippen LogP) is 1.44. The van der Waals surface area contributed by atoms with Crippen molar-refractivity contribution in [2.24, 2.45) is 0 Å². The fraction of sp³-hybridized carbons (Fsp3) is 0. The van der Waals surface area contributed by atoms with E-state index >= 15 is 0 Å². The third-order valence-electron chi connectivity index (χ3n) is 1.23. The smallest absolute Gasteiger partial charge is 0.211 e. The van der Waals surface area contributed by atoms with Gasteiger partial charge in [-0.05, 0) is 18.6 Å². The molecule has 0 fully saturated rings. The molecule has 0 saturated heterocycles. The molecule has 1 aromatic rings. The lowest BCUT2D eigenvalue weighted by molar-refractivity contribution is -0.105. The van der Waals surface area contributed by atoms with Gasteiger partial charge in [0, 0.05) is 5.69 Å².